The second-order valence-electron chi connectivity index (χ2n) is 6.15. The number of hydrogen-bond donors (Lipinski definition) is 0. The van der Waals surface area contributed by atoms with E-state index < -0.39 is 0 Å². The number of carbonyl (C=O) groups is 1. The third kappa shape index (κ3) is 3.73. The number of benzene rings is 1. The van der Waals surface area contributed by atoms with E-state index in [0.29, 0.717) is 12.8 Å². The van der Waals surface area contributed by atoms with Crippen LogP contribution < -0.4 is 4.90 Å². The summed E-state index contributed by atoms with van der Waals surface area (Å²) < 4.78 is 5.15. The minimum Gasteiger partial charge on any atom is -0.368 e. The first-order chi connectivity index (χ1) is 11.5. The normalized spacial score (nSPS) is 15.0. The van der Waals surface area contributed by atoms with Gasteiger partial charge in [-0.1, -0.05) is 16.8 Å². The third-order valence-corrected chi connectivity index (χ3v) is 4.85. The van der Waals surface area contributed by atoms with Crippen molar-refractivity contribution in [2.45, 2.75) is 26.7 Å². The van der Waals surface area contributed by atoms with E-state index in [0.717, 1.165) is 53.9 Å². The van der Waals surface area contributed by atoms with Gasteiger partial charge in [-0.3, -0.25) is 4.79 Å². The van der Waals surface area contributed by atoms with E-state index in [1.807, 2.05) is 43.0 Å². The van der Waals surface area contributed by atoms with Crippen LogP contribution in [0.1, 0.15) is 23.4 Å². The monoisotopic (exact) mass is 347 g/mol. The molecule has 1 aliphatic heterocycles. The predicted octanol–water partition coefficient (Wildman–Crippen LogP) is 3.23. The highest BCUT2D eigenvalue weighted by Gasteiger charge is 2.22. The zero-order valence-corrected chi connectivity index (χ0v) is 14.8. The molecule has 0 bridgehead atoms. The van der Waals surface area contributed by atoms with Crippen molar-refractivity contribution in [2.75, 3.05) is 31.1 Å². The van der Waals surface area contributed by atoms with Crippen LogP contribution in [0, 0.1) is 13.8 Å². The summed E-state index contributed by atoms with van der Waals surface area (Å²) in [5, 5.41) is 4.68. The van der Waals surface area contributed by atoms with Crippen LogP contribution in [-0.4, -0.2) is 42.1 Å². The van der Waals surface area contributed by atoms with E-state index in [-0.39, 0.29) is 5.91 Å². The van der Waals surface area contributed by atoms with E-state index in [1.165, 1.54) is 0 Å². The van der Waals surface area contributed by atoms with Gasteiger partial charge < -0.3 is 14.3 Å². The van der Waals surface area contributed by atoms with Crippen molar-refractivity contribution in [1.29, 1.82) is 0 Å². The van der Waals surface area contributed by atoms with Crippen LogP contribution in [0.4, 0.5) is 5.69 Å². The van der Waals surface area contributed by atoms with E-state index in [9.17, 15) is 4.79 Å². The van der Waals surface area contributed by atoms with Gasteiger partial charge in [-0.2, -0.15) is 0 Å². The van der Waals surface area contributed by atoms with Gasteiger partial charge >= 0.3 is 0 Å². The van der Waals surface area contributed by atoms with Crippen molar-refractivity contribution in [3.63, 3.8) is 0 Å². The zero-order valence-electron chi connectivity index (χ0n) is 14.1. The van der Waals surface area contributed by atoms with Gasteiger partial charge in [-0.05, 0) is 44.5 Å². The second kappa shape index (κ2) is 7.26. The number of hydrogen-bond acceptors (Lipinski definition) is 4. The molecule has 1 aromatic carbocycles. The van der Waals surface area contributed by atoms with Gasteiger partial charge in [-0.25, -0.2) is 0 Å². The number of anilines is 1. The molecular formula is C18H22ClN3O2. The Morgan fingerprint density at radius 3 is 2.42 bits per heavy atom. The SMILES string of the molecule is Cc1noc(C)c1CCC(=O)N1CCN(c2ccc(Cl)cc2)CC1. The summed E-state index contributed by atoms with van der Waals surface area (Å²) in [7, 11) is 0. The maximum Gasteiger partial charge on any atom is 0.223 e. The molecule has 1 aliphatic rings. The first-order valence-electron chi connectivity index (χ1n) is 8.24. The summed E-state index contributed by atoms with van der Waals surface area (Å²) in [6.45, 7) is 7.01. The third-order valence-electron chi connectivity index (χ3n) is 4.59. The Hall–Kier alpha value is -2.01. The van der Waals surface area contributed by atoms with Crippen molar-refractivity contribution in [2.24, 2.45) is 0 Å². The number of halogens is 1. The molecule has 1 saturated heterocycles. The number of amides is 1. The fraction of sp³-hybridized carbons (Fsp3) is 0.444. The van der Waals surface area contributed by atoms with Crippen molar-refractivity contribution >= 4 is 23.2 Å². The van der Waals surface area contributed by atoms with Crippen LogP contribution in [0.2, 0.25) is 5.02 Å². The fourth-order valence-corrected chi connectivity index (χ4v) is 3.24. The summed E-state index contributed by atoms with van der Waals surface area (Å²) in [5.41, 5.74) is 3.10. The number of nitrogens with zero attached hydrogens (tertiary/aromatic N) is 3. The molecule has 0 saturated carbocycles. The molecule has 0 unspecified atom stereocenters. The molecule has 0 aliphatic carbocycles. The van der Waals surface area contributed by atoms with E-state index in [2.05, 4.69) is 10.1 Å². The average molecular weight is 348 g/mol. The molecule has 2 heterocycles. The van der Waals surface area contributed by atoms with E-state index >= 15 is 0 Å². The van der Waals surface area contributed by atoms with E-state index in [4.69, 9.17) is 16.1 Å². The highest BCUT2D eigenvalue weighted by atomic mass is 35.5. The largest absolute Gasteiger partial charge is 0.368 e. The van der Waals surface area contributed by atoms with Gasteiger partial charge in [0.05, 0.1) is 5.69 Å². The number of aromatic nitrogens is 1. The second-order valence-corrected chi connectivity index (χ2v) is 6.58. The first-order valence-corrected chi connectivity index (χ1v) is 8.62. The highest BCUT2D eigenvalue weighted by Crippen LogP contribution is 2.20. The van der Waals surface area contributed by atoms with Crippen LogP contribution in [0.15, 0.2) is 28.8 Å². The predicted molar refractivity (Wildman–Crippen MR) is 94.5 cm³/mol. The Balaban J connectivity index is 1.51. The number of carbonyl (C=O) groups excluding carboxylic acids is 1. The lowest BCUT2D eigenvalue weighted by Gasteiger charge is -2.36. The molecule has 6 heteroatoms. The number of piperazine rings is 1. The van der Waals surface area contributed by atoms with Crippen LogP contribution in [0.25, 0.3) is 0 Å². The Bertz CT molecular complexity index is 684. The Morgan fingerprint density at radius 2 is 1.83 bits per heavy atom. The van der Waals surface area contributed by atoms with Crippen molar-refractivity contribution in [3.8, 4) is 0 Å². The minimum absolute atomic E-state index is 0.200. The summed E-state index contributed by atoms with van der Waals surface area (Å²) in [6, 6.07) is 7.85. The van der Waals surface area contributed by atoms with Crippen LogP contribution in [0.5, 0.6) is 0 Å². The molecule has 0 radical (unpaired) electrons. The van der Waals surface area contributed by atoms with Crippen molar-refractivity contribution < 1.29 is 9.32 Å². The smallest absolute Gasteiger partial charge is 0.223 e. The molecule has 128 valence electrons. The molecular weight excluding hydrogens is 326 g/mol. The van der Waals surface area contributed by atoms with Gasteiger partial charge in [0, 0.05) is 48.9 Å². The molecule has 1 aromatic heterocycles. The summed E-state index contributed by atoms with van der Waals surface area (Å²) in [4.78, 5) is 16.7. The standard InChI is InChI=1S/C18H22ClN3O2/c1-13-17(14(2)24-20-13)7-8-18(23)22-11-9-21(10-12-22)16-5-3-15(19)4-6-16/h3-6H,7-12H2,1-2H3. The highest BCUT2D eigenvalue weighted by molar-refractivity contribution is 6.30. The molecule has 2 aromatic rings. The van der Waals surface area contributed by atoms with Crippen LogP contribution in [0.3, 0.4) is 0 Å². The Morgan fingerprint density at radius 1 is 1.17 bits per heavy atom. The molecule has 0 N–H and O–H groups in total. The lowest BCUT2D eigenvalue weighted by atomic mass is 10.1. The van der Waals surface area contributed by atoms with Crippen molar-refractivity contribution in [3.05, 3.63) is 46.3 Å². The van der Waals surface area contributed by atoms with Crippen LogP contribution in [-0.2, 0) is 11.2 Å². The van der Waals surface area contributed by atoms with Gasteiger partial charge in [0.2, 0.25) is 5.91 Å². The van der Waals surface area contributed by atoms with Gasteiger partial charge in [-0.15, -0.1) is 0 Å². The molecule has 1 amide bonds. The van der Waals surface area contributed by atoms with Gasteiger partial charge in [0.25, 0.3) is 0 Å². The molecule has 3 rings (SSSR count). The van der Waals surface area contributed by atoms with Gasteiger partial charge in [0.1, 0.15) is 5.76 Å². The Kier molecular flexibility index (Phi) is 5.09. The fourth-order valence-electron chi connectivity index (χ4n) is 3.11. The molecule has 1 fully saturated rings. The topological polar surface area (TPSA) is 49.6 Å². The maximum absolute atomic E-state index is 12.4. The lowest BCUT2D eigenvalue weighted by Crippen LogP contribution is -2.48. The molecule has 0 atom stereocenters. The first kappa shape index (κ1) is 16.8. The summed E-state index contributed by atoms with van der Waals surface area (Å²) in [6.07, 6.45) is 1.20. The molecule has 5 nitrogen and oxygen atoms in total. The lowest BCUT2D eigenvalue weighted by molar-refractivity contribution is -0.131. The van der Waals surface area contributed by atoms with Gasteiger partial charge in [0.15, 0.2) is 0 Å². The van der Waals surface area contributed by atoms with Crippen LogP contribution >= 0.6 is 11.6 Å². The minimum atomic E-state index is 0.200. The number of rotatable bonds is 4. The molecule has 0 spiro atoms. The maximum atomic E-state index is 12.4. The quantitative estimate of drug-likeness (QED) is 0.852. The van der Waals surface area contributed by atoms with Crippen molar-refractivity contribution in [1.82, 2.24) is 10.1 Å². The summed E-state index contributed by atoms with van der Waals surface area (Å²) in [5.74, 6) is 1.01. The zero-order chi connectivity index (χ0) is 17.1. The van der Waals surface area contributed by atoms with E-state index in [1.54, 1.807) is 0 Å². The number of aryl methyl sites for hydroxylation is 2. The molecule has 24 heavy (non-hydrogen) atoms. The Labute approximate surface area is 147 Å². The average Bonchev–Trinajstić information content (AvgIpc) is 2.92. The summed E-state index contributed by atoms with van der Waals surface area (Å²) >= 11 is 5.93.